The lowest BCUT2D eigenvalue weighted by atomic mass is 9.98. The minimum Gasteiger partial charge on any atom is -0.378 e. The highest BCUT2D eigenvalue weighted by Crippen LogP contribution is 2.19. The highest BCUT2D eigenvalue weighted by atomic mass is 16.5. The number of allylic oxidation sites excluding steroid dienone is 1. The molecule has 0 aromatic carbocycles. The summed E-state index contributed by atoms with van der Waals surface area (Å²) in [5, 5.41) is 0. The van der Waals surface area contributed by atoms with Gasteiger partial charge in [0.15, 0.2) is 0 Å². The Morgan fingerprint density at radius 3 is 3.00 bits per heavy atom. The van der Waals surface area contributed by atoms with E-state index >= 15 is 0 Å². The third-order valence-corrected chi connectivity index (χ3v) is 1.99. The molecular formula is C9H16O. The Bertz CT molecular complexity index is 127. The average Bonchev–Trinajstić information content (AvgIpc) is 1.95. The van der Waals surface area contributed by atoms with Crippen LogP contribution in [0.3, 0.4) is 0 Å². The van der Waals surface area contributed by atoms with E-state index in [1.54, 1.807) is 0 Å². The molecule has 0 spiro atoms. The summed E-state index contributed by atoms with van der Waals surface area (Å²) < 4.78 is 5.49. The fourth-order valence-corrected chi connectivity index (χ4v) is 1.33. The number of hydrogen-bond acceptors (Lipinski definition) is 1. The first kappa shape index (κ1) is 7.80. The van der Waals surface area contributed by atoms with Gasteiger partial charge in [-0.3, -0.25) is 0 Å². The second kappa shape index (κ2) is 3.77. The molecule has 0 aliphatic heterocycles. The lowest BCUT2D eigenvalue weighted by Crippen LogP contribution is -2.14. The maximum atomic E-state index is 5.49. The van der Waals surface area contributed by atoms with Crippen molar-refractivity contribution in [3.63, 3.8) is 0 Å². The van der Waals surface area contributed by atoms with Crippen LogP contribution in [-0.2, 0) is 4.74 Å². The van der Waals surface area contributed by atoms with Crippen molar-refractivity contribution in [2.24, 2.45) is 0 Å². The van der Waals surface area contributed by atoms with Crippen LogP contribution in [0.1, 0.15) is 33.1 Å². The van der Waals surface area contributed by atoms with Crippen molar-refractivity contribution in [1.82, 2.24) is 0 Å². The van der Waals surface area contributed by atoms with Gasteiger partial charge in [-0.1, -0.05) is 11.6 Å². The Morgan fingerprint density at radius 1 is 1.70 bits per heavy atom. The zero-order chi connectivity index (χ0) is 7.40. The van der Waals surface area contributed by atoms with Crippen LogP contribution in [-0.4, -0.2) is 12.7 Å². The molecule has 0 aromatic rings. The molecule has 1 atom stereocenters. The van der Waals surface area contributed by atoms with E-state index in [2.05, 4.69) is 19.9 Å². The molecule has 0 N–H and O–H groups in total. The summed E-state index contributed by atoms with van der Waals surface area (Å²) in [5.41, 5.74) is 1.52. The molecule has 0 aromatic heterocycles. The zero-order valence-electron chi connectivity index (χ0n) is 6.89. The van der Waals surface area contributed by atoms with Crippen molar-refractivity contribution in [2.45, 2.75) is 39.2 Å². The van der Waals surface area contributed by atoms with Gasteiger partial charge >= 0.3 is 0 Å². The summed E-state index contributed by atoms with van der Waals surface area (Å²) in [6.45, 7) is 5.12. The van der Waals surface area contributed by atoms with Gasteiger partial charge < -0.3 is 4.74 Å². The van der Waals surface area contributed by atoms with Crippen LogP contribution in [0.5, 0.6) is 0 Å². The highest BCUT2D eigenvalue weighted by molar-refractivity contribution is 5.03. The maximum Gasteiger partial charge on any atom is 0.0612 e. The summed E-state index contributed by atoms with van der Waals surface area (Å²) in [7, 11) is 0. The van der Waals surface area contributed by atoms with Gasteiger partial charge in [-0.2, -0.15) is 0 Å². The topological polar surface area (TPSA) is 9.23 Å². The molecule has 1 aliphatic carbocycles. The first-order valence-electron chi connectivity index (χ1n) is 4.10. The molecule has 0 saturated heterocycles. The summed E-state index contributed by atoms with van der Waals surface area (Å²) in [6.07, 6.45) is 6.37. The minimum atomic E-state index is 0.508. The molecule has 1 unspecified atom stereocenters. The van der Waals surface area contributed by atoms with Gasteiger partial charge in [0.2, 0.25) is 0 Å². The van der Waals surface area contributed by atoms with E-state index in [9.17, 15) is 0 Å². The Kier molecular flexibility index (Phi) is 2.94. The van der Waals surface area contributed by atoms with Crippen LogP contribution in [0, 0.1) is 0 Å². The second-order valence-corrected chi connectivity index (χ2v) is 2.90. The molecule has 0 radical (unpaired) electrons. The lowest BCUT2D eigenvalue weighted by Gasteiger charge is -2.19. The quantitative estimate of drug-likeness (QED) is 0.535. The van der Waals surface area contributed by atoms with E-state index in [-0.39, 0.29) is 0 Å². The largest absolute Gasteiger partial charge is 0.378 e. The van der Waals surface area contributed by atoms with E-state index in [1.165, 1.54) is 18.4 Å². The van der Waals surface area contributed by atoms with Crippen molar-refractivity contribution in [1.29, 1.82) is 0 Å². The molecule has 1 rings (SSSR count). The van der Waals surface area contributed by atoms with Gasteiger partial charge in [-0.05, 0) is 33.1 Å². The van der Waals surface area contributed by atoms with Gasteiger partial charge in [0.25, 0.3) is 0 Å². The number of rotatable bonds is 2. The third kappa shape index (κ3) is 2.14. The molecule has 0 bridgehead atoms. The molecule has 0 fully saturated rings. The van der Waals surface area contributed by atoms with Crippen molar-refractivity contribution >= 4 is 0 Å². The molecule has 1 aliphatic rings. The fraction of sp³-hybridized carbons (Fsp3) is 0.778. The first-order chi connectivity index (χ1) is 4.83. The Morgan fingerprint density at radius 2 is 2.50 bits per heavy atom. The van der Waals surface area contributed by atoms with Gasteiger partial charge in [0, 0.05) is 6.61 Å². The van der Waals surface area contributed by atoms with Gasteiger partial charge in [0.05, 0.1) is 6.10 Å². The predicted octanol–water partition coefficient (Wildman–Crippen LogP) is 2.52. The highest BCUT2D eigenvalue weighted by Gasteiger charge is 2.10. The van der Waals surface area contributed by atoms with Crippen LogP contribution in [0.15, 0.2) is 11.6 Å². The second-order valence-electron chi connectivity index (χ2n) is 2.90. The maximum absolute atomic E-state index is 5.49. The van der Waals surface area contributed by atoms with Crippen LogP contribution < -0.4 is 0 Å². The SMILES string of the molecule is CCOC1CC=C(C)CC1. The average molecular weight is 140 g/mol. The van der Waals surface area contributed by atoms with E-state index < -0.39 is 0 Å². The molecule has 58 valence electrons. The Labute approximate surface area is 63.1 Å². The molecule has 0 saturated carbocycles. The molecular weight excluding hydrogens is 124 g/mol. The Hall–Kier alpha value is -0.300. The van der Waals surface area contributed by atoms with Crippen LogP contribution in [0.25, 0.3) is 0 Å². The van der Waals surface area contributed by atoms with Crippen molar-refractivity contribution in [2.75, 3.05) is 6.61 Å². The fourth-order valence-electron chi connectivity index (χ4n) is 1.33. The van der Waals surface area contributed by atoms with Crippen molar-refractivity contribution in [3.05, 3.63) is 11.6 Å². The third-order valence-electron chi connectivity index (χ3n) is 1.99. The summed E-state index contributed by atoms with van der Waals surface area (Å²) in [6, 6.07) is 0. The lowest BCUT2D eigenvalue weighted by molar-refractivity contribution is 0.0560. The number of hydrogen-bond donors (Lipinski definition) is 0. The molecule has 1 nitrogen and oxygen atoms in total. The van der Waals surface area contributed by atoms with Crippen LogP contribution in [0.2, 0.25) is 0 Å². The molecule has 1 heteroatoms. The van der Waals surface area contributed by atoms with E-state index in [1.807, 2.05) is 0 Å². The van der Waals surface area contributed by atoms with Crippen LogP contribution >= 0.6 is 0 Å². The summed E-state index contributed by atoms with van der Waals surface area (Å²) >= 11 is 0. The predicted molar refractivity (Wildman–Crippen MR) is 43.0 cm³/mol. The van der Waals surface area contributed by atoms with E-state index in [4.69, 9.17) is 4.74 Å². The standard InChI is InChI=1S/C9H16O/c1-3-10-9-6-4-8(2)5-7-9/h4,9H,3,5-7H2,1-2H3. The Balaban J connectivity index is 2.27. The molecule has 0 heterocycles. The smallest absolute Gasteiger partial charge is 0.0612 e. The monoisotopic (exact) mass is 140 g/mol. The summed E-state index contributed by atoms with van der Waals surface area (Å²) in [5.74, 6) is 0. The van der Waals surface area contributed by atoms with E-state index in [0.717, 1.165) is 13.0 Å². The normalized spacial score (nSPS) is 26.2. The van der Waals surface area contributed by atoms with E-state index in [0.29, 0.717) is 6.10 Å². The molecule has 0 amide bonds. The molecule has 10 heavy (non-hydrogen) atoms. The number of ether oxygens (including phenoxy) is 1. The first-order valence-corrected chi connectivity index (χ1v) is 4.10. The minimum absolute atomic E-state index is 0.508. The summed E-state index contributed by atoms with van der Waals surface area (Å²) in [4.78, 5) is 0. The van der Waals surface area contributed by atoms with Crippen LogP contribution in [0.4, 0.5) is 0 Å². The van der Waals surface area contributed by atoms with Crippen molar-refractivity contribution in [3.8, 4) is 0 Å². The van der Waals surface area contributed by atoms with Gasteiger partial charge in [0.1, 0.15) is 0 Å². The van der Waals surface area contributed by atoms with Gasteiger partial charge in [-0.15, -0.1) is 0 Å². The zero-order valence-corrected chi connectivity index (χ0v) is 6.89. The van der Waals surface area contributed by atoms with Crippen molar-refractivity contribution < 1.29 is 4.74 Å². The van der Waals surface area contributed by atoms with Gasteiger partial charge in [-0.25, -0.2) is 0 Å².